The average molecular weight is 916 g/mol. The first kappa shape index (κ1) is 61.2. The van der Waals surface area contributed by atoms with Crippen molar-refractivity contribution in [1.82, 2.24) is 5.32 Å². The molecule has 0 radical (unpaired) electrons. The number of carboxylic acid groups (broad SMARTS) is 1. The smallest absolute Gasteiger partial charge is 0.472 e. The van der Waals surface area contributed by atoms with Gasteiger partial charge in [-0.2, -0.15) is 0 Å². The van der Waals surface area contributed by atoms with Crippen molar-refractivity contribution in [1.29, 1.82) is 0 Å². The summed E-state index contributed by atoms with van der Waals surface area (Å²) in [6.07, 6.45) is 49.5. The number of phosphoric acid groups is 1. The van der Waals surface area contributed by atoms with Crippen LogP contribution >= 0.6 is 7.82 Å². The van der Waals surface area contributed by atoms with E-state index in [0.717, 1.165) is 38.5 Å². The van der Waals surface area contributed by atoms with Gasteiger partial charge in [-0.15, -0.1) is 0 Å². The fraction of sp³-hybridized carbons (Fsp3) is 0.902. The van der Waals surface area contributed by atoms with Gasteiger partial charge in [-0.25, -0.2) is 9.36 Å². The normalized spacial score (nSPS) is 13.6. The molecule has 0 aliphatic heterocycles. The van der Waals surface area contributed by atoms with Gasteiger partial charge in [0.2, 0.25) is 5.91 Å². The molecule has 3 unspecified atom stereocenters. The molecule has 0 aliphatic rings. The molecular formula is C51H98NO10P. The van der Waals surface area contributed by atoms with Crippen LogP contribution in [0.15, 0.2) is 12.2 Å². The van der Waals surface area contributed by atoms with Gasteiger partial charge in [0.25, 0.3) is 0 Å². The number of unbranched alkanes of at least 4 members (excludes halogenated alkanes) is 34. The quantitative estimate of drug-likeness (QED) is 0.0199. The molecule has 0 saturated carbocycles. The van der Waals surface area contributed by atoms with Crippen molar-refractivity contribution in [2.75, 3.05) is 19.8 Å². The zero-order valence-corrected chi connectivity index (χ0v) is 41.5. The minimum absolute atomic E-state index is 0.152. The second-order valence-electron chi connectivity index (χ2n) is 18.1. The molecule has 0 aromatic rings. The van der Waals surface area contributed by atoms with Crippen LogP contribution in [0.2, 0.25) is 0 Å². The molecule has 0 bridgehead atoms. The van der Waals surface area contributed by atoms with Crippen LogP contribution in [0.25, 0.3) is 0 Å². The largest absolute Gasteiger partial charge is 0.480 e. The van der Waals surface area contributed by atoms with E-state index in [0.29, 0.717) is 12.8 Å². The summed E-state index contributed by atoms with van der Waals surface area (Å²) in [5.74, 6) is -2.35. The third kappa shape index (κ3) is 46.5. The van der Waals surface area contributed by atoms with Crippen LogP contribution in [0.5, 0.6) is 0 Å². The van der Waals surface area contributed by atoms with Crippen LogP contribution in [-0.4, -0.2) is 64.9 Å². The lowest BCUT2D eigenvalue weighted by Crippen LogP contribution is -2.43. The fourth-order valence-corrected chi connectivity index (χ4v) is 8.50. The average Bonchev–Trinajstić information content (AvgIpc) is 3.26. The fourth-order valence-electron chi connectivity index (χ4n) is 7.72. The number of carboxylic acids is 1. The van der Waals surface area contributed by atoms with Crippen LogP contribution in [0.3, 0.4) is 0 Å². The molecule has 4 N–H and O–H groups in total. The van der Waals surface area contributed by atoms with Crippen molar-refractivity contribution >= 4 is 25.7 Å². The molecule has 0 saturated heterocycles. The number of aliphatic hydroxyl groups is 1. The number of carbonyl (C=O) groups excluding carboxylic acids is 2. The summed E-state index contributed by atoms with van der Waals surface area (Å²) in [4.78, 5) is 46.1. The first-order valence-corrected chi connectivity index (χ1v) is 27.7. The number of hydrogen-bond acceptors (Lipinski definition) is 8. The minimum atomic E-state index is -4.76. The summed E-state index contributed by atoms with van der Waals surface area (Å²) in [6, 6.07) is -1.54. The van der Waals surface area contributed by atoms with Gasteiger partial charge in [-0.05, 0) is 38.5 Å². The van der Waals surface area contributed by atoms with Crippen molar-refractivity contribution in [2.24, 2.45) is 0 Å². The molecule has 372 valence electrons. The molecule has 0 aliphatic carbocycles. The number of allylic oxidation sites excluding steroid dienone is 2. The van der Waals surface area contributed by atoms with Gasteiger partial charge in [0, 0.05) is 12.8 Å². The van der Waals surface area contributed by atoms with Crippen LogP contribution < -0.4 is 5.32 Å². The number of rotatable bonds is 50. The lowest BCUT2D eigenvalue weighted by atomic mass is 10.0. The van der Waals surface area contributed by atoms with Crippen molar-refractivity contribution in [3.63, 3.8) is 0 Å². The van der Waals surface area contributed by atoms with E-state index in [4.69, 9.17) is 13.8 Å². The molecule has 11 nitrogen and oxygen atoms in total. The lowest BCUT2D eigenvalue weighted by Gasteiger charge is -2.18. The van der Waals surface area contributed by atoms with Gasteiger partial charge in [-0.1, -0.05) is 225 Å². The first-order chi connectivity index (χ1) is 30.6. The molecule has 0 aromatic carbocycles. The van der Waals surface area contributed by atoms with Gasteiger partial charge in [-0.3, -0.25) is 18.6 Å². The highest BCUT2D eigenvalue weighted by molar-refractivity contribution is 7.47. The van der Waals surface area contributed by atoms with Crippen LogP contribution in [0.4, 0.5) is 0 Å². The standard InChI is InChI=1S/C51H98NO10P/c1-3-5-7-9-11-13-15-17-19-21-23-24-25-27-29-31-33-35-37-39-41-43-50(55)60-44-47(53)45-61-63(58,59)62-46-48(51(56)57)52-49(54)42-40-38-36-34-32-30-28-26-22-20-18-16-14-12-10-8-6-4-2/h17,19,47-48,53H,3-16,18,20-46H2,1-2H3,(H,52,54)(H,56,57)(H,58,59)/b19-17+. The predicted molar refractivity (Wildman–Crippen MR) is 259 cm³/mol. The molecule has 63 heavy (non-hydrogen) atoms. The highest BCUT2D eigenvalue weighted by atomic mass is 31.2. The number of nitrogens with one attached hydrogen (secondary N) is 1. The monoisotopic (exact) mass is 916 g/mol. The highest BCUT2D eigenvalue weighted by Crippen LogP contribution is 2.43. The maximum Gasteiger partial charge on any atom is 0.472 e. The Kier molecular flexibility index (Phi) is 45.4. The lowest BCUT2D eigenvalue weighted by molar-refractivity contribution is -0.147. The molecule has 0 spiro atoms. The second kappa shape index (κ2) is 46.7. The number of hydrogen-bond donors (Lipinski definition) is 4. The molecule has 3 atom stereocenters. The van der Waals surface area contributed by atoms with Crippen LogP contribution in [0.1, 0.15) is 264 Å². The van der Waals surface area contributed by atoms with E-state index in [1.807, 2.05) is 0 Å². The Labute approximate surface area is 386 Å². The van der Waals surface area contributed by atoms with Crippen molar-refractivity contribution in [3.8, 4) is 0 Å². The third-order valence-corrected chi connectivity index (χ3v) is 12.8. The van der Waals surface area contributed by atoms with E-state index in [9.17, 15) is 34.1 Å². The topological polar surface area (TPSA) is 169 Å². The Morgan fingerprint density at radius 2 is 0.825 bits per heavy atom. The number of amides is 1. The Balaban J connectivity index is 3.78. The summed E-state index contributed by atoms with van der Waals surface area (Å²) in [5.41, 5.74) is 0. The van der Waals surface area contributed by atoms with Gasteiger partial charge >= 0.3 is 19.8 Å². The number of carbonyl (C=O) groups is 3. The van der Waals surface area contributed by atoms with Gasteiger partial charge in [0.1, 0.15) is 12.7 Å². The SMILES string of the molecule is CCCCCCCC/C=C/CCCCCCCCCCCCCC(=O)OCC(O)COP(=O)(O)OCC(NC(=O)CCCCCCCCCCCCCCCCCCCC)C(=O)O. The summed E-state index contributed by atoms with van der Waals surface area (Å²) in [6.45, 7) is 2.64. The van der Waals surface area contributed by atoms with Gasteiger partial charge in [0.15, 0.2) is 6.04 Å². The maximum atomic E-state index is 12.4. The number of aliphatic hydroxyl groups excluding tert-OH is 1. The second-order valence-corrected chi connectivity index (χ2v) is 19.5. The van der Waals surface area contributed by atoms with E-state index in [1.165, 1.54) is 186 Å². The summed E-state index contributed by atoms with van der Waals surface area (Å²) in [7, 11) is -4.76. The van der Waals surface area contributed by atoms with Crippen LogP contribution in [0, 0.1) is 0 Å². The molecule has 1 amide bonds. The van der Waals surface area contributed by atoms with E-state index >= 15 is 0 Å². The zero-order chi connectivity index (χ0) is 46.3. The molecule has 12 heteroatoms. The Hall–Kier alpha value is -1.78. The number of esters is 1. The summed E-state index contributed by atoms with van der Waals surface area (Å²) >= 11 is 0. The van der Waals surface area contributed by atoms with Crippen molar-refractivity contribution in [2.45, 2.75) is 276 Å². The molecule has 0 heterocycles. The van der Waals surface area contributed by atoms with Crippen molar-refractivity contribution in [3.05, 3.63) is 12.2 Å². The molecule has 0 rings (SSSR count). The van der Waals surface area contributed by atoms with Gasteiger partial charge < -0.3 is 25.2 Å². The Bertz CT molecular complexity index is 1120. The Morgan fingerprint density at radius 1 is 0.492 bits per heavy atom. The van der Waals surface area contributed by atoms with Gasteiger partial charge in [0.05, 0.1) is 13.2 Å². The number of phosphoric ester groups is 1. The number of aliphatic carboxylic acids is 1. The molecule has 0 fully saturated rings. The third-order valence-electron chi connectivity index (χ3n) is 11.8. The van der Waals surface area contributed by atoms with E-state index in [2.05, 4.69) is 31.3 Å². The van der Waals surface area contributed by atoms with E-state index in [-0.39, 0.29) is 12.8 Å². The van der Waals surface area contributed by atoms with Crippen LogP contribution in [-0.2, 0) is 32.7 Å². The molecule has 0 aromatic heterocycles. The van der Waals surface area contributed by atoms with E-state index < -0.39 is 57.6 Å². The first-order valence-electron chi connectivity index (χ1n) is 26.2. The number of ether oxygens (including phenoxy) is 1. The summed E-state index contributed by atoms with van der Waals surface area (Å²) < 4.78 is 27.0. The Morgan fingerprint density at radius 3 is 1.21 bits per heavy atom. The maximum absolute atomic E-state index is 12.4. The summed E-state index contributed by atoms with van der Waals surface area (Å²) in [5, 5.41) is 21.9. The highest BCUT2D eigenvalue weighted by Gasteiger charge is 2.28. The molecular weight excluding hydrogens is 818 g/mol. The predicted octanol–water partition coefficient (Wildman–Crippen LogP) is 14.4. The van der Waals surface area contributed by atoms with Crippen molar-refractivity contribution < 1.29 is 47.8 Å². The van der Waals surface area contributed by atoms with E-state index in [1.54, 1.807) is 0 Å². The minimum Gasteiger partial charge on any atom is -0.480 e. The zero-order valence-electron chi connectivity index (χ0n) is 40.7.